The molecule has 1 aliphatic rings. The fraction of sp³-hybridized carbons (Fsp3) is 0.300. The van der Waals surface area contributed by atoms with Crippen molar-refractivity contribution in [3.63, 3.8) is 0 Å². The molecule has 0 radical (unpaired) electrons. The summed E-state index contributed by atoms with van der Waals surface area (Å²) in [7, 11) is 0. The molecule has 3 aromatic rings. The zero-order valence-electron chi connectivity index (χ0n) is 14.9. The van der Waals surface area contributed by atoms with Crippen molar-refractivity contribution >= 4 is 32.6 Å². The molecule has 1 saturated heterocycles. The van der Waals surface area contributed by atoms with Crippen LogP contribution in [0.2, 0.25) is 0 Å². The molecular formula is C20H18F2N2O3S. The SMILES string of the molecule is O=C(c1ccc(OC(F)F)cc1)N(CC1CCCO1)c1nc2ccccc2s1. The van der Waals surface area contributed by atoms with Gasteiger partial charge in [0.05, 0.1) is 22.9 Å². The maximum absolute atomic E-state index is 13.2. The van der Waals surface area contributed by atoms with Gasteiger partial charge in [-0.15, -0.1) is 0 Å². The summed E-state index contributed by atoms with van der Waals surface area (Å²) in [6, 6.07) is 13.4. The summed E-state index contributed by atoms with van der Waals surface area (Å²) < 4.78 is 35.7. The Balaban J connectivity index is 1.62. The highest BCUT2D eigenvalue weighted by atomic mass is 32.1. The lowest BCUT2D eigenvalue weighted by Gasteiger charge is -2.23. The van der Waals surface area contributed by atoms with Crippen LogP contribution in [-0.2, 0) is 4.74 Å². The Morgan fingerprint density at radius 2 is 2.04 bits per heavy atom. The Hall–Kier alpha value is -2.58. The highest BCUT2D eigenvalue weighted by molar-refractivity contribution is 7.22. The number of ether oxygens (including phenoxy) is 2. The Morgan fingerprint density at radius 1 is 1.25 bits per heavy atom. The first kappa shape index (κ1) is 18.8. The quantitative estimate of drug-likeness (QED) is 0.596. The van der Waals surface area contributed by atoms with Gasteiger partial charge >= 0.3 is 6.61 Å². The van der Waals surface area contributed by atoms with E-state index >= 15 is 0 Å². The minimum atomic E-state index is -2.90. The van der Waals surface area contributed by atoms with E-state index in [1.807, 2.05) is 24.3 Å². The van der Waals surface area contributed by atoms with Crippen LogP contribution >= 0.6 is 11.3 Å². The maximum Gasteiger partial charge on any atom is 0.387 e. The molecule has 0 saturated carbocycles. The predicted molar refractivity (Wildman–Crippen MR) is 103 cm³/mol. The van der Waals surface area contributed by atoms with Crippen molar-refractivity contribution in [2.24, 2.45) is 0 Å². The second-order valence-corrected chi connectivity index (χ2v) is 7.43. The van der Waals surface area contributed by atoms with Crippen LogP contribution in [0.25, 0.3) is 10.2 Å². The first-order valence-corrected chi connectivity index (χ1v) is 9.76. The van der Waals surface area contributed by atoms with E-state index in [2.05, 4.69) is 9.72 Å². The number of fused-ring (bicyclic) bond motifs is 1. The second kappa shape index (κ2) is 8.20. The summed E-state index contributed by atoms with van der Waals surface area (Å²) in [4.78, 5) is 19.4. The highest BCUT2D eigenvalue weighted by Crippen LogP contribution is 2.31. The number of nitrogens with zero attached hydrogens (tertiary/aromatic N) is 2. The van der Waals surface area contributed by atoms with E-state index < -0.39 is 6.61 Å². The van der Waals surface area contributed by atoms with Crippen molar-refractivity contribution in [3.8, 4) is 5.75 Å². The van der Waals surface area contributed by atoms with Crippen LogP contribution in [0.5, 0.6) is 5.75 Å². The van der Waals surface area contributed by atoms with Crippen LogP contribution in [0, 0.1) is 0 Å². The predicted octanol–water partition coefficient (Wildman–Crippen LogP) is 4.72. The normalized spacial score (nSPS) is 16.6. The number of amides is 1. The molecule has 1 atom stereocenters. The third kappa shape index (κ3) is 4.13. The van der Waals surface area contributed by atoms with Crippen LogP contribution in [0.1, 0.15) is 23.2 Å². The van der Waals surface area contributed by atoms with Gasteiger partial charge < -0.3 is 9.47 Å². The molecule has 146 valence electrons. The van der Waals surface area contributed by atoms with E-state index in [4.69, 9.17) is 4.74 Å². The van der Waals surface area contributed by atoms with Crippen molar-refractivity contribution < 1.29 is 23.0 Å². The highest BCUT2D eigenvalue weighted by Gasteiger charge is 2.27. The van der Waals surface area contributed by atoms with Crippen molar-refractivity contribution in [1.29, 1.82) is 0 Å². The summed E-state index contributed by atoms with van der Waals surface area (Å²) in [6.07, 6.45) is 1.81. The zero-order valence-corrected chi connectivity index (χ0v) is 15.7. The van der Waals surface area contributed by atoms with Gasteiger partial charge in [0.2, 0.25) is 0 Å². The van der Waals surface area contributed by atoms with Crippen LogP contribution in [0.3, 0.4) is 0 Å². The minimum Gasteiger partial charge on any atom is -0.435 e. The van der Waals surface area contributed by atoms with Crippen molar-refractivity contribution in [2.75, 3.05) is 18.1 Å². The molecule has 2 heterocycles. The standard InChI is InChI=1S/C20H18F2N2O3S/c21-19(22)27-14-9-7-13(8-10-14)18(25)24(12-15-4-3-11-26-15)20-23-16-5-1-2-6-17(16)28-20/h1-2,5-10,15,19H,3-4,11-12H2. The molecule has 1 aliphatic heterocycles. The van der Waals surface area contributed by atoms with E-state index in [0.717, 1.165) is 23.1 Å². The molecular weight excluding hydrogens is 386 g/mol. The number of alkyl halides is 2. The number of benzene rings is 2. The molecule has 5 nitrogen and oxygen atoms in total. The smallest absolute Gasteiger partial charge is 0.387 e. The molecule has 0 spiro atoms. The number of rotatable bonds is 6. The van der Waals surface area contributed by atoms with Gasteiger partial charge in [-0.3, -0.25) is 9.69 Å². The minimum absolute atomic E-state index is 0.0113. The number of thiazole rings is 1. The van der Waals surface area contributed by atoms with Crippen molar-refractivity contribution in [2.45, 2.75) is 25.6 Å². The van der Waals surface area contributed by atoms with Crippen molar-refractivity contribution in [1.82, 2.24) is 4.98 Å². The molecule has 1 unspecified atom stereocenters. The van der Waals surface area contributed by atoms with E-state index in [1.165, 1.54) is 35.6 Å². The Morgan fingerprint density at radius 3 is 2.71 bits per heavy atom. The average Bonchev–Trinajstić information content (AvgIpc) is 3.35. The fourth-order valence-corrected chi connectivity index (χ4v) is 4.12. The van der Waals surface area contributed by atoms with E-state index in [0.29, 0.717) is 23.8 Å². The first-order chi connectivity index (χ1) is 13.6. The maximum atomic E-state index is 13.2. The van der Waals surface area contributed by atoms with E-state index in [1.54, 1.807) is 4.90 Å². The molecule has 0 bridgehead atoms. The molecule has 28 heavy (non-hydrogen) atoms. The topological polar surface area (TPSA) is 51.7 Å². The molecule has 0 aliphatic carbocycles. The number of hydrogen-bond donors (Lipinski definition) is 0. The Kier molecular flexibility index (Phi) is 5.50. The van der Waals surface area contributed by atoms with Crippen molar-refractivity contribution in [3.05, 3.63) is 54.1 Å². The first-order valence-electron chi connectivity index (χ1n) is 8.94. The molecule has 0 N–H and O–H groups in total. The van der Waals surface area contributed by atoms with Gasteiger partial charge in [0.25, 0.3) is 5.91 Å². The number of carbonyl (C=O) groups excluding carboxylic acids is 1. The third-order valence-electron chi connectivity index (χ3n) is 4.50. The zero-order chi connectivity index (χ0) is 19.5. The monoisotopic (exact) mass is 404 g/mol. The largest absolute Gasteiger partial charge is 0.435 e. The summed E-state index contributed by atoms with van der Waals surface area (Å²) in [5.41, 5.74) is 1.20. The molecule has 8 heteroatoms. The molecule has 2 aromatic carbocycles. The number of anilines is 1. The number of halogens is 2. The molecule has 1 amide bonds. The summed E-state index contributed by atoms with van der Waals surface area (Å²) in [6.45, 7) is -1.82. The van der Waals surface area contributed by atoms with Gasteiger partial charge in [0.15, 0.2) is 5.13 Å². The van der Waals surface area contributed by atoms with Gasteiger partial charge in [0, 0.05) is 12.2 Å². The van der Waals surface area contributed by atoms with Gasteiger partial charge in [-0.05, 0) is 49.2 Å². The lowest BCUT2D eigenvalue weighted by atomic mass is 10.1. The average molecular weight is 404 g/mol. The van der Waals surface area contributed by atoms with Gasteiger partial charge in [0.1, 0.15) is 5.75 Å². The van der Waals surface area contributed by atoms with E-state index in [9.17, 15) is 13.6 Å². The number of carbonyl (C=O) groups is 1. The molecule has 1 fully saturated rings. The fourth-order valence-electron chi connectivity index (χ4n) is 3.15. The summed E-state index contributed by atoms with van der Waals surface area (Å²) in [5.74, 6) is -0.240. The van der Waals surface area contributed by atoms with Crippen LogP contribution in [-0.4, -0.2) is 36.8 Å². The van der Waals surface area contributed by atoms with Crippen LogP contribution < -0.4 is 9.64 Å². The Labute approximate surface area is 164 Å². The third-order valence-corrected chi connectivity index (χ3v) is 5.55. The lowest BCUT2D eigenvalue weighted by Crippen LogP contribution is -2.37. The summed E-state index contributed by atoms with van der Waals surface area (Å²) >= 11 is 1.44. The number of para-hydroxylation sites is 1. The molecule has 1 aromatic heterocycles. The number of aromatic nitrogens is 1. The van der Waals surface area contributed by atoms with Gasteiger partial charge in [-0.1, -0.05) is 23.5 Å². The van der Waals surface area contributed by atoms with Crippen LogP contribution in [0.4, 0.5) is 13.9 Å². The summed E-state index contributed by atoms with van der Waals surface area (Å²) in [5, 5.41) is 0.592. The van der Waals surface area contributed by atoms with E-state index in [-0.39, 0.29) is 17.8 Å². The van der Waals surface area contributed by atoms with Gasteiger partial charge in [-0.25, -0.2) is 4.98 Å². The van der Waals surface area contributed by atoms with Gasteiger partial charge in [-0.2, -0.15) is 8.78 Å². The second-order valence-electron chi connectivity index (χ2n) is 6.42. The molecule has 4 rings (SSSR count). The lowest BCUT2D eigenvalue weighted by molar-refractivity contribution is -0.0498. The number of hydrogen-bond acceptors (Lipinski definition) is 5. The van der Waals surface area contributed by atoms with Crippen LogP contribution in [0.15, 0.2) is 48.5 Å². The Bertz CT molecular complexity index is 922.